The van der Waals surface area contributed by atoms with Crippen LogP contribution in [-0.2, 0) is 9.47 Å². The summed E-state index contributed by atoms with van der Waals surface area (Å²) >= 11 is 0. The summed E-state index contributed by atoms with van der Waals surface area (Å²) in [7, 11) is 0. The van der Waals surface area contributed by atoms with E-state index in [1.807, 2.05) is 0 Å². The zero-order chi connectivity index (χ0) is 16.5. The second-order valence-electron chi connectivity index (χ2n) is 7.10. The first-order valence-electron chi connectivity index (χ1n) is 9.15. The molecule has 0 aliphatic carbocycles. The van der Waals surface area contributed by atoms with Crippen LogP contribution in [0.25, 0.3) is 6.08 Å². The minimum atomic E-state index is -0.169. The lowest BCUT2D eigenvalue weighted by molar-refractivity contribution is -0.209. The molecule has 1 aromatic rings. The van der Waals surface area contributed by atoms with Crippen molar-refractivity contribution in [1.29, 1.82) is 0 Å². The second kappa shape index (κ2) is 9.24. The van der Waals surface area contributed by atoms with Crippen molar-refractivity contribution in [2.75, 3.05) is 13.2 Å². The van der Waals surface area contributed by atoms with Gasteiger partial charge in [-0.2, -0.15) is 0 Å². The Hall–Kier alpha value is -1.12. The maximum Gasteiger partial charge on any atom is 0.180 e. The van der Waals surface area contributed by atoms with Crippen molar-refractivity contribution in [2.45, 2.75) is 65.6 Å². The molecule has 0 unspecified atom stereocenters. The lowest BCUT2D eigenvalue weighted by atomic mass is 9.87. The van der Waals surface area contributed by atoms with Crippen LogP contribution >= 0.6 is 0 Å². The Morgan fingerprint density at radius 1 is 1.09 bits per heavy atom. The molecule has 2 nitrogen and oxygen atoms in total. The van der Waals surface area contributed by atoms with Crippen LogP contribution in [0.2, 0.25) is 0 Å². The number of unbranched alkanes of at least 4 members (excludes halogenated alkanes) is 2. The second-order valence-corrected chi connectivity index (χ2v) is 7.10. The highest BCUT2D eigenvalue weighted by Crippen LogP contribution is 2.32. The highest BCUT2D eigenvalue weighted by Gasteiger charge is 2.33. The lowest BCUT2D eigenvalue weighted by Crippen LogP contribution is -2.40. The summed E-state index contributed by atoms with van der Waals surface area (Å²) in [5, 5.41) is 0. The Kier molecular flexibility index (Phi) is 7.32. The molecule has 1 fully saturated rings. The molecule has 1 heterocycles. The molecule has 128 valence electrons. The fourth-order valence-electron chi connectivity index (χ4n) is 3.21. The average molecular weight is 316 g/mol. The average Bonchev–Trinajstić information content (AvgIpc) is 2.56. The Balaban J connectivity index is 2.04. The lowest BCUT2D eigenvalue weighted by Gasteiger charge is -2.38. The van der Waals surface area contributed by atoms with E-state index in [4.69, 9.17) is 9.47 Å². The maximum absolute atomic E-state index is 6.12. The van der Waals surface area contributed by atoms with Crippen molar-refractivity contribution >= 4 is 6.08 Å². The molecule has 0 bridgehead atoms. The highest BCUT2D eigenvalue weighted by atomic mass is 16.7. The Labute approximate surface area is 141 Å². The van der Waals surface area contributed by atoms with Crippen LogP contribution in [0.4, 0.5) is 0 Å². The van der Waals surface area contributed by atoms with Crippen LogP contribution in [0, 0.1) is 5.41 Å². The minimum Gasteiger partial charge on any atom is -0.348 e. The van der Waals surface area contributed by atoms with Crippen molar-refractivity contribution < 1.29 is 9.47 Å². The molecule has 23 heavy (non-hydrogen) atoms. The third-order valence-electron chi connectivity index (χ3n) is 4.54. The molecule has 0 saturated carbocycles. The van der Waals surface area contributed by atoms with E-state index < -0.39 is 0 Å². The summed E-state index contributed by atoms with van der Waals surface area (Å²) in [6.07, 6.45) is 9.17. The van der Waals surface area contributed by atoms with E-state index in [-0.39, 0.29) is 11.7 Å². The number of ether oxygens (including phenoxy) is 2. The van der Waals surface area contributed by atoms with Gasteiger partial charge in [0.1, 0.15) is 0 Å². The van der Waals surface area contributed by atoms with Gasteiger partial charge in [0, 0.05) is 5.41 Å². The fourth-order valence-corrected chi connectivity index (χ4v) is 3.21. The zero-order valence-corrected chi connectivity index (χ0v) is 15.0. The van der Waals surface area contributed by atoms with Gasteiger partial charge in [-0.1, -0.05) is 76.4 Å². The van der Waals surface area contributed by atoms with Gasteiger partial charge in [0.05, 0.1) is 13.2 Å². The summed E-state index contributed by atoms with van der Waals surface area (Å²) in [6, 6.07) is 10.5. The molecule has 0 amide bonds. The molecule has 0 atom stereocenters. The van der Waals surface area contributed by atoms with Crippen LogP contribution in [0.3, 0.4) is 0 Å². The third-order valence-corrected chi connectivity index (χ3v) is 4.54. The molecular formula is C21H32O2. The van der Waals surface area contributed by atoms with Crippen molar-refractivity contribution in [2.24, 2.45) is 5.41 Å². The van der Waals surface area contributed by atoms with Gasteiger partial charge in [0.25, 0.3) is 0 Å². The molecule has 1 aromatic carbocycles. The topological polar surface area (TPSA) is 18.5 Å². The zero-order valence-electron chi connectivity index (χ0n) is 15.0. The molecule has 1 aliphatic rings. The van der Waals surface area contributed by atoms with Gasteiger partial charge in [-0.25, -0.2) is 0 Å². The van der Waals surface area contributed by atoms with Crippen LogP contribution in [0.5, 0.6) is 0 Å². The van der Waals surface area contributed by atoms with Crippen LogP contribution in [0.15, 0.2) is 35.9 Å². The van der Waals surface area contributed by atoms with E-state index in [1.54, 1.807) is 0 Å². The number of hydrogen-bond acceptors (Lipinski definition) is 2. The molecule has 0 spiro atoms. The molecule has 0 radical (unpaired) electrons. The number of hydrogen-bond donors (Lipinski definition) is 0. The van der Waals surface area contributed by atoms with E-state index >= 15 is 0 Å². The van der Waals surface area contributed by atoms with Gasteiger partial charge in [0.15, 0.2) is 6.29 Å². The summed E-state index contributed by atoms with van der Waals surface area (Å²) in [5.74, 6) is 0. The standard InChI is InChI=1S/C21H32O2/c1-4-6-8-13-19(15-18-11-9-7-10-12-18)20-22-16-21(3,14-5-2)17-23-20/h7,9-12,15,20H,4-6,8,13-14,16-17H2,1-3H3/b19-15+. The normalized spacial score (nSPS) is 25.5. The van der Waals surface area contributed by atoms with E-state index in [0.717, 1.165) is 26.1 Å². The molecule has 2 rings (SSSR count). The van der Waals surface area contributed by atoms with Gasteiger partial charge < -0.3 is 9.47 Å². The van der Waals surface area contributed by atoms with E-state index in [0.29, 0.717) is 0 Å². The highest BCUT2D eigenvalue weighted by molar-refractivity contribution is 5.53. The molecule has 2 heteroatoms. The fraction of sp³-hybridized carbons (Fsp3) is 0.619. The third kappa shape index (κ3) is 5.78. The summed E-state index contributed by atoms with van der Waals surface area (Å²) in [5.41, 5.74) is 2.68. The monoisotopic (exact) mass is 316 g/mol. The summed E-state index contributed by atoms with van der Waals surface area (Å²) < 4.78 is 12.2. The Bertz CT molecular complexity index is 470. The quantitative estimate of drug-likeness (QED) is 0.562. The molecule has 0 aromatic heterocycles. The molecular weight excluding hydrogens is 284 g/mol. The van der Waals surface area contributed by atoms with E-state index in [9.17, 15) is 0 Å². The summed E-state index contributed by atoms with van der Waals surface area (Å²) in [6.45, 7) is 8.33. The summed E-state index contributed by atoms with van der Waals surface area (Å²) in [4.78, 5) is 0. The predicted octanol–water partition coefficient (Wildman–Crippen LogP) is 5.83. The SMILES string of the molecule is CCCCC/C(=C\c1ccccc1)C1OCC(C)(CCC)CO1. The van der Waals surface area contributed by atoms with Gasteiger partial charge in [-0.15, -0.1) is 0 Å². The minimum absolute atomic E-state index is 0.169. The van der Waals surface area contributed by atoms with Crippen LogP contribution in [0.1, 0.15) is 64.9 Å². The maximum atomic E-state index is 6.12. The predicted molar refractivity (Wildman–Crippen MR) is 97.3 cm³/mol. The van der Waals surface area contributed by atoms with Crippen molar-refractivity contribution in [3.63, 3.8) is 0 Å². The first-order chi connectivity index (χ1) is 11.2. The number of rotatable bonds is 8. The van der Waals surface area contributed by atoms with Crippen LogP contribution in [-0.4, -0.2) is 19.5 Å². The Morgan fingerprint density at radius 2 is 1.78 bits per heavy atom. The van der Waals surface area contributed by atoms with Crippen LogP contribution < -0.4 is 0 Å². The van der Waals surface area contributed by atoms with Crippen molar-refractivity contribution in [3.8, 4) is 0 Å². The molecule has 1 aliphatic heterocycles. The van der Waals surface area contributed by atoms with E-state index in [2.05, 4.69) is 57.2 Å². The van der Waals surface area contributed by atoms with Gasteiger partial charge in [-0.05, 0) is 30.4 Å². The van der Waals surface area contributed by atoms with Gasteiger partial charge >= 0.3 is 0 Å². The smallest absolute Gasteiger partial charge is 0.180 e. The number of benzene rings is 1. The van der Waals surface area contributed by atoms with Gasteiger partial charge in [-0.3, -0.25) is 0 Å². The molecule has 1 saturated heterocycles. The first-order valence-corrected chi connectivity index (χ1v) is 9.15. The van der Waals surface area contributed by atoms with E-state index in [1.165, 1.54) is 36.8 Å². The van der Waals surface area contributed by atoms with Gasteiger partial charge in [0.2, 0.25) is 0 Å². The Morgan fingerprint density at radius 3 is 2.39 bits per heavy atom. The van der Waals surface area contributed by atoms with Crippen molar-refractivity contribution in [1.82, 2.24) is 0 Å². The first kappa shape index (κ1) is 18.2. The largest absolute Gasteiger partial charge is 0.348 e. The molecule has 0 N–H and O–H groups in total. The van der Waals surface area contributed by atoms with Crippen molar-refractivity contribution in [3.05, 3.63) is 41.5 Å².